The summed E-state index contributed by atoms with van der Waals surface area (Å²) in [6, 6.07) is 18.6. The van der Waals surface area contributed by atoms with Gasteiger partial charge in [0.25, 0.3) is 0 Å². The van der Waals surface area contributed by atoms with Crippen molar-refractivity contribution < 1.29 is 18.3 Å². The van der Waals surface area contributed by atoms with Crippen LogP contribution in [0.5, 0.6) is 11.5 Å². The van der Waals surface area contributed by atoms with Crippen LogP contribution in [0.1, 0.15) is 0 Å². The number of para-hydroxylation sites is 1. The highest BCUT2D eigenvalue weighted by Crippen LogP contribution is 2.22. The van der Waals surface area contributed by atoms with E-state index in [1.807, 2.05) is 30.3 Å². The van der Waals surface area contributed by atoms with Gasteiger partial charge in [0.15, 0.2) is 11.6 Å². The largest absolute Gasteiger partial charge is 0.457 e. The molecular formula is C19H14F2N2O2. The molecular weight excluding hydrogens is 326 g/mol. The van der Waals surface area contributed by atoms with Crippen molar-refractivity contribution in [2.24, 2.45) is 0 Å². The second-order valence-corrected chi connectivity index (χ2v) is 5.15. The summed E-state index contributed by atoms with van der Waals surface area (Å²) in [6.45, 7) is 0. The number of carbonyl (C=O) groups is 1. The Kier molecular flexibility index (Phi) is 4.89. The monoisotopic (exact) mass is 340 g/mol. The number of hydrogen-bond donors (Lipinski definition) is 2. The van der Waals surface area contributed by atoms with Crippen molar-refractivity contribution in [1.29, 1.82) is 0 Å². The molecule has 0 aliphatic rings. The average molecular weight is 340 g/mol. The van der Waals surface area contributed by atoms with Crippen molar-refractivity contribution in [3.8, 4) is 11.5 Å². The standard InChI is InChI=1S/C19H14F2N2O2/c20-17-11-8-14(12-18(17)21)23-19(24)22-13-6-9-16(10-7-13)25-15-4-2-1-3-5-15/h1-12H,(H2,22,23,24). The van der Waals surface area contributed by atoms with Gasteiger partial charge in [0.05, 0.1) is 0 Å². The third-order valence-corrected chi connectivity index (χ3v) is 3.27. The summed E-state index contributed by atoms with van der Waals surface area (Å²) in [6.07, 6.45) is 0. The topological polar surface area (TPSA) is 50.4 Å². The van der Waals surface area contributed by atoms with Crippen LogP contribution in [0.25, 0.3) is 0 Å². The van der Waals surface area contributed by atoms with E-state index in [2.05, 4.69) is 10.6 Å². The first-order valence-electron chi connectivity index (χ1n) is 7.46. The van der Waals surface area contributed by atoms with Crippen molar-refractivity contribution in [1.82, 2.24) is 0 Å². The number of benzene rings is 3. The number of urea groups is 1. The summed E-state index contributed by atoms with van der Waals surface area (Å²) < 4.78 is 31.6. The van der Waals surface area contributed by atoms with Crippen LogP contribution in [0.15, 0.2) is 72.8 Å². The average Bonchev–Trinajstić information content (AvgIpc) is 2.61. The summed E-state index contributed by atoms with van der Waals surface area (Å²) in [7, 11) is 0. The normalized spacial score (nSPS) is 10.2. The molecule has 0 spiro atoms. The second-order valence-electron chi connectivity index (χ2n) is 5.15. The second kappa shape index (κ2) is 7.44. The van der Waals surface area contributed by atoms with Gasteiger partial charge in [-0.1, -0.05) is 18.2 Å². The predicted molar refractivity (Wildman–Crippen MR) is 92.0 cm³/mol. The Morgan fingerprint density at radius 3 is 2.00 bits per heavy atom. The number of carbonyl (C=O) groups excluding carboxylic acids is 1. The SMILES string of the molecule is O=C(Nc1ccc(Oc2ccccc2)cc1)Nc1ccc(F)c(F)c1. The molecule has 3 aromatic rings. The summed E-state index contributed by atoms with van der Waals surface area (Å²) in [5.41, 5.74) is 0.681. The Balaban J connectivity index is 1.59. The summed E-state index contributed by atoms with van der Waals surface area (Å²) in [5.74, 6) is -0.669. The number of amides is 2. The Hall–Kier alpha value is -3.41. The van der Waals surface area contributed by atoms with Crippen LogP contribution < -0.4 is 15.4 Å². The molecule has 0 saturated carbocycles. The minimum absolute atomic E-state index is 0.153. The maximum absolute atomic E-state index is 13.1. The quantitative estimate of drug-likeness (QED) is 0.668. The van der Waals surface area contributed by atoms with Crippen LogP contribution in [0.4, 0.5) is 25.0 Å². The zero-order valence-electron chi connectivity index (χ0n) is 13.0. The molecule has 0 atom stereocenters. The summed E-state index contributed by atoms with van der Waals surface area (Å²) >= 11 is 0. The van der Waals surface area contributed by atoms with Gasteiger partial charge in [0.1, 0.15) is 11.5 Å². The van der Waals surface area contributed by atoms with Gasteiger partial charge in [-0.3, -0.25) is 0 Å². The zero-order valence-corrected chi connectivity index (χ0v) is 13.0. The number of anilines is 2. The fourth-order valence-electron chi connectivity index (χ4n) is 2.10. The van der Waals surface area contributed by atoms with Gasteiger partial charge in [0, 0.05) is 17.4 Å². The lowest BCUT2D eigenvalue weighted by atomic mass is 10.3. The minimum Gasteiger partial charge on any atom is -0.457 e. The minimum atomic E-state index is -1.03. The maximum atomic E-state index is 13.1. The molecule has 0 aromatic heterocycles. The highest BCUT2D eigenvalue weighted by molar-refractivity contribution is 5.99. The van der Waals surface area contributed by atoms with Crippen molar-refractivity contribution in [2.45, 2.75) is 0 Å². The number of nitrogens with one attached hydrogen (secondary N) is 2. The van der Waals surface area contributed by atoms with Gasteiger partial charge in [0.2, 0.25) is 0 Å². The summed E-state index contributed by atoms with van der Waals surface area (Å²) in [4.78, 5) is 11.9. The number of halogens is 2. The van der Waals surface area contributed by atoms with Crippen LogP contribution in [-0.2, 0) is 0 Å². The van der Waals surface area contributed by atoms with Crippen molar-refractivity contribution in [3.05, 3.63) is 84.4 Å². The van der Waals surface area contributed by atoms with Crippen molar-refractivity contribution in [2.75, 3.05) is 10.6 Å². The molecule has 4 nitrogen and oxygen atoms in total. The number of ether oxygens (including phenoxy) is 1. The van der Waals surface area contributed by atoms with E-state index in [0.29, 0.717) is 17.2 Å². The van der Waals surface area contributed by atoms with Crippen molar-refractivity contribution >= 4 is 17.4 Å². The first kappa shape index (κ1) is 16.4. The van der Waals surface area contributed by atoms with Crippen LogP contribution in [0.2, 0.25) is 0 Å². The van der Waals surface area contributed by atoms with Gasteiger partial charge in [-0.05, 0) is 48.5 Å². The molecule has 2 amide bonds. The molecule has 0 unspecified atom stereocenters. The van der Waals surface area contributed by atoms with Crippen LogP contribution in [0.3, 0.4) is 0 Å². The molecule has 126 valence electrons. The predicted octanol–water partition coefficient (Wildman–Crippen LogP) is 5.40. The molecule has 2 N–H and O–H groups in total. The molecule has 0 aliphatic carbocycles. The lowest BCUT2D eigenvalue weighted by molar-refractivity contribution is 0.262. The molecule has 0 fully saturated rings. The molecule has 0 radical (unpaired) electrons. The first-order valence-corrected chi connectivity index (χ1v) is 7.46. The van der Waals surface area contributed by atoms with E-state index in [0.717, 1.165) is 12.1 Å². The fraction of sp³-hybridized carbons (Fsp3) is 0. The van der Waals surface area contributed by atoms with E-state index in [1.54, 1.807) is 24.3 Å². The molecule has 0 bridgehead atoms. The van der Waals surface area contributed by atoms with Crippen LogP contribution >= 0.6 is 0 Å². The third kappa shape index (κ3) is 4.54. The molecule has 0 aliphatic heterocycles. The summed E-state index contributed by atoms with van der Waals surface area (Å²) in [5, 5.41) is 5.02. The Labute approximate surface area is 143 Å². The fourth-order valence-corrected chi connectivity index (χ4v) is 2.10. The van der Waals surface area contributed by atoms with E-state index >= 15 is 0 Å². The van der Waals surface area contributed by atoms with E-state index < -0.39 is 17.7 Å². The number of rotatable bonds is 4. The molecule has 3 rings (SSSR count). The highest BCUT2D eigenvalue weighted by atomic mass is 19.2. The van der Waals surface area contributed by atoms with Crippen LogP contribution in [0, 0.1) is 11.6 Å². The van der Waals surface area contributed by atoms with E-state index in [-0.39, 0.29) is 5.69 Å². The molecule has 3 aromatic carbocycles. The smallest absolute Gasteiger partial charge is 0.323 e. The van der Waals surface area contributed by atoms with Crippen LogP contribution in [-0.4, -0.2) is 6.03 Å². The highest BCUT2D eigenvalue weighted by Gasteiger charge is 2.06. The Morgan fingerprint density at radius 2 is 1.32 bits per heavy atom. The van der Waals surface area contributed by atoms with Crippen molar-refractivity contribution in [3.63, 3.8) is 0 Å². The van der Waals surface area contributed by atoms with E-state index in [1.165, 1.54) is 6.07 Å². The lowest BCUT2D eigenvalue weighted by Crippen LogP contribution is -2.19. The molecule has 25 heavy (non-hydrogen) atoms. The first-order chi connectivity index (χ1) is 12.1. The lowest BCUT2D eigenvalue weighted by Gasteiger charge is -2.09. The van der Waals surface area contributed by atoms with Gasteiger partial charge >= 0.3 is 6.03 Å². The third-order valence-electron chi connectivity index (χ3n) is 3.27. The van der Waals surface area contributed by atoms with Gasteiger partial charge < -0.3 is 15.4 Å². The Morgan fingerprint density at radius 1 is 0.720 bits per heavy atom. The molecule has 0 heterocycles. The zero-order chi connectivity index (χ0) is 17.6. The molecule has 6 heteroatoms. The van der Waals surface area contributed by atoms with E-state index in [9.17, 15) is 13.6 Å². The maximum Gasteiger partial charge on any atom is 0.323 e. The number of hydrogen-bond acceptors (Lipinski definition) is 2. The van der Waals surface area contributed by atoms with Gasteiger partial charge in [-0.25, -0.2) is 13.6 Å². The van der Waals surface area contributed by atoms with E-state index in [4.69, 9.17) is 4.74 Å². The Bertz CT molecular complexity index is 868. The molecule has 0 saturated heterocycles. The van der Waals surface area contributed by atoms with Gasteiger partial charge in [-0.2, -0.15) is 0 Å². The van der Waals surface area contributed by atoms with Gasteiger partial charge in [-0.15, -0.1) is 0 Å².